The van der Waals surface area contributed by atoms with E-state index in [4.69, 9.17) is 5.73 Å². The molecule has 7 nitrogen and oxygen atoms in total. The molecule has 1 saturated heterocycles. The van der Waals surface area contributed by atoms with E-state index in [-0.39, 0.29) is 12.8 Å². The molecule has 1 aliphatic heterocycles. The van der Waals surface area contributed by atoms with Gasteiger partial charge >= 0.3 is 5.97 Å². The summed E-state index contributed by atoms with van der Waals surface area (Å²) in [6.07, 6.45) is 0.420. The van der Waals surface area contributed by atoms with Crippen LogP contribution in [0.2, 0.25) is 0 Å². The van der Waals surface area contributed by atoms with E-state index in [1.165, 1.54) is 6.92 Å². The summed E-state index contributed by atoms with van der Waals surface area (Å²) in [6, 6.07) is 0. The minimum atomic E-state index is -2.03. The number of carbonyl (C=O) groups excluding carboxylic acids is 2. The first-order chi connectivity index (χ1) is 8.65. The number of carbonyl (C=O) groups is 2. The molecule has 8 heteroatoms. The molecule has 0 bridgehead atoms. The number of Topliss-reactive ketones (excluding diaryl/α,β-unsaturated/α-hetero) is 1. The monoisotopic (exact) mass is 290 g/mol. The Kier molecular flexibility index (Phi) is 4.38. The number of hydrogen-bond acceptors (Lipinski definition) is 7. The first-order valence-electron chi connectivity index (χ1n) is 5.95. The predicted octanol–water partition coefficient (Wildman–Crippen LogP) is 0.0363. The molecule has 0 aromatic carbocycles. The second kappa shape index (κ2) is 5.18. The Morgan fingerprint density at radius 3 is 2.21 bits per heavy atom. The van der Waals surface area contributed by atoms with Gasteiger partial charge in [-0.15, -0.1) is 0 Å². The van der Waals surface area contributed by atoms with Crippen LogP contribution < -0.4 is 5.73 Å². The number of ether oxygens (including phenoxy) is 1. The molecule has 19 heavy (non-hydrogen) atoms. The number of piperidine rings is 1. The van der Waals surface area contributed by atoms with Crippen molar-refractivity contribution in [1.29, 1.82) is 0 Å². The third-order valence-electron chi connectivity index (χ3n) is 3.99. The molecule has 1 atom stereocenters. The molecule has 108 valence electrons. The van der Waals surface area contributed by atoms with Gasteiger partial charge in [-0.2, -0.15) is 4.91 Å². The molecule has 1 rings (SSSR count). The van der Waals surface area contributed by atoms with Crippen LogP contribution in [0.25, 0.3) is 0 Å². The van der Waals surface area contributed by atoms with Gasteiger partial charge in [-0.3, -0.25) is 8.68 Å². The normalized spacial score (nSPS) is 34.2. The lowest BCUT2D eigenvalue weighted by atomic mass is 9.69. The van der Waals surface area contributed by atoms with Crippen LogP contribution in [-0.2, 0) is 14.3 Å². The average Bonchev–Trinajstić information content (AvgIpc) is 2.37. The van der Waals surface area contributed by atoms with Crippen molar-refractivity contribution in [3.05, 3.63) is 4.91 Å². The number of methoxy groups -OCH3 is 1. The van der Waals surface area contributed by atoms with E-state index in [1.54, 1.807) is 0 Å². The maximum atomic E-state index is 11.9. The second-order valence-electron chi connectivity index (χ2n) is 5.26. The number of nitrogens with two attached hydrogens (primary N) is 1. The Hall–Kier alpha value is -0.990. The summed E-state index contributed by atoms with van der Waals surface area (Å²) < 4.78 is 5.00. The van der Waals surface area contributed by atoms with Crippen molar-refractivity contribution in [2.45, 2.75) is 30.8 Å². The van der Waals surface area contributed by atoms with Crippen molar-refractivity contribution >= 4 is 24.6 Å². The van der Waals surface area contributed by atoms with Gasteiger partial charge in [-0.1, -0.05) is 5.18 Å². The highest BCUT2D eigenvalue weighted by molar-refractivity contribution is 7.74. The highest BCUT2D eigenvalue weighted by atomic mass is 32.1. The number of likely N-dealkylation sites (tertiary alicyclic amines) is 1. The van der Waals surface area contributed by atoms with E-state index in [0.717, 1.165) is 7.11 Å². The van der Waals surface area contributed by atoms with E-state index in [1.807, 2.05) is 7.05 Å². The van der Waals surface area contributed by atoms with E-state index >= 15 is 0 Å². The molecule has 0 radical (unpaired) electrons. The lowest BCUT2D eigenvalue weighted by molar-refractivity contribution is -0.778. The first kappa shape index (κ1) is 16.1. The number of quaternary nitrogens is 1. The van der Waals surface area contributed by atoms with Crippen LogP contribution in [0.1, 0.15) is 19.8 Å². The van der Waals surface area contributed by atoms with Gasteiger partial charge in [0.05, 0.1) is 40.1 Å². The maximum Gasteiger partial charge on any atom is 0.336 e. The fraction of sp³-hybridized carbons (Fsp3) is 0.818. The number of nitrogens with zero attached hydrogens (tertiary/aromatic N) is 2. The summed E-state index contributed by atoms with van der Waals surface area (Å²) in [5.41, 5.74) is 2.46. The van der Waals surface area contributed by atoms with Gasteiger partial charge in [0.15, 0.2) is 5.78 Å². The van der Waals surface area contributed by atoms with E-state index in [9.17, 15) is 14.5 Å². The second-order valence-corrected chi connectivity index (χ2v) is 6.23. The summed E-state index contributed by atoms with van der Waals surface area (Å²) in [4.78, 5) is 35.1. The standard InChI is InChI=1S/C11H20N3O4S/c1-8(15)11(12,9(16)18-3)10(13-17)4-6-14(2,19)7-5-10/h19H,4-7,12H2,1-3H3/q+1. The molecule has 0 aliphatic carbocycles. The van der Waals surface area contributed by atoms with Crippen LogP contribution in [0, 0.1) is 4.91 Å². The quantitative estimate of drug-likeness (QED) is 0.250. The van der Waals surface area contributed by atoms with Crippen molar-refractivity contribution in [3.63, 3.8) is 0 Å². The molecule has 0 aromatic rings. The Morgan fingerprint density at radius 2 is 1.89 bits per heavy atom. The number of esters is 1. The number of hydrogen-bond donors (Lipinski definition) is 2. The average molecular weight is 290 g/mol. The minimum Gasteiger partial charge on any atom is -0.467 e. The molecular formula is C11H20N3O4S+. The summed E-state index contributed by atoms with van der Waals surface area (Å²) in [6.45, 7) is 2.14. The maximum absolute atomic E-state index is 11.9. The van der Waals surface area contributed by atoms with Crippen molar-refractivity contribution in [2.75, 3.05) is 27.2 Å². The van der Waals surface area contributed by atoms with Gasteiger partial charge in [0.1, 0.15) is 5.54 Å². The lowest BCUT2D eigenvalue weighted by Gasteiger charge is -2.45. The Bertz CT molecular complexity index is 403. The molecule has 0 spiro atoms. The summed E-state index contributed by atoms with van der Waals surface area (Å²) in [7, 11) is 3.01. The molecule has 0 amide bonds. The van der Waals surface area contributed by atoms with E-state index < -0.39 is 22.8 Å². The van der Waals surface area contributed by atoms with E-state index in [0.29, 0.717) is 17.0 Å². The Balaban J connectivity index is 3.23. The molecule has 1 heterocycles. The van der Waals surface area contributed by atoms with Gasteiger partial charge in [-0.25, -0.2) is 4.79 Å². The van der Waals surface area contributed by atoms with Crippen molar-refractivity contribution in [1.82, 2.24) is 0 Å². The SMILES string of the molecule is COC(=O)C(N)(C(C)=O)C1(N=O)CC[N+](C)(S)CC1. The lowest BCUT2D eigenvalue weighted by Crippen LogP contribution is -2.71. The molecule has 1 aliphatic rings. The summed E-state index contributed by atoms with van der Waals surface area (Å²) in [5.74, 6) is -1.54. The van der Waals surface area contributed by atoms with Crippen LogP contribution in [0.4, 0.5) is 0 Å². The van der Waals surface area contributed by atoms with Crippen LogP contribution in [0.3, 0.4) is 0 Å². The van der Waals surface area contributed by atoms with Crippen molar-refractivity contribution in [2.24, 2.45) is 10.9 Å². The summed E-state index contributed by atoms with van der Waals surface area (Å²) >= 11 is 4.41. The van der Waals surface area contributed by atoms with Gasteiger partial charge in [0, 0.05) is 12.8 Å². The minimum absolute atomic E-state index is 0.210. The zero-order valence-corrected chi connectivity index (χ0v) is 12.3. The first-order valence-corrected chi connectivity index (χ1v) is 6.35. The smallest absolute Gasteiger partial charge is 0.336 e. The van der Waals surface area contributed by atoms with Gasteiger partial charge in [-0.05, 0) is 6.92 Å². The van der Waals surface area contributed by atoms with Crippen LogP contribution in [0.5, 0.6) is 0 Å². The third kappa shape index (κ3) is 2.52. The van der Waals surface area contributed by atoms with Gasteiger partial charge in [0.2, 0.25) is 5.54 Å². The summed E-state index contributed by atoms with van der Waals surface area (Å²) in [5, 5.41) is 3.07. The Morgan fingerprint density at radius 1 is 1.42 bits per heavy atom. The Labute approximate surface area is 117 Å². The largest absolute Gasteiger partial charge is 0.467 e. The fourth-order valence-electron chi connectivity index (χ4n) is 2.47. The number of thiol groups is 1. The highest BCUT2D eigenvalue weighted by Gasteiger charge is 2.62. The van der Waals surface area contributed by atoms with E-state index in [2.05, 4.69) is 22.7 Å². The van der Waals surface area contributed by atoms with Crippen LogP contribution in [-0.4, -0.2) is 54.0 Å². The highest BCUT2D eigenvalue weighted by Crippen LogP contribution is 2.39. The molecular weight excluding hydrogens is 270 g/mol. The third-order valence-corrected chi connectivity index (χ3v) is 4.39. The van der Waals surface area contributed by atoms with Crippen molar-refractivity contribution < 1.29 is 18.2 Å². The van der Waals surface area contributed by atoms with Crippen molar-refractivity contribution in [3.8, 4) is 0 Å². The number of rotatable bonds is 4. The van der Waals surface area contributed by atoms with Crippen LogP contribution >= 0.6 is 12.8 Å². The topological polar surface area (TPSA) is 98.8 Å². The van der Waals surface area contributed by atoms with Gasteiger partial charge < -0.3 is 10.5 Å². The predicted molar refractivity (Wildman–Crippen MR) is 72.3 cm³/mol. The molecule has 0 saturated carbocycles. The van der Waals surface area contributed by atoms with Crippen LogP contribution in [0.15, 0.2) is 5.18 Å². The zero-order valence-electron chi connectivity index (χ0n) is 11.4. The molecule has 1 unspecified atom stereocenters. The fourth-order valence-corrected chi connectivity index (χ4v) is 2.67. The molecule has 0 aromatic heterocycles. The zero-order chi connectivity index (χ0) is 14.9. The number of ketones is 1. The molecule has 1 fully saturated rings. The molecule has 2 N–H and O–H groups in total. The van der Waals surface area contributed by atoms with Gasteiger partial charge in [0.25, 0.3) is 0 Å². The number of nitroso groups, excluding NO2 is 1.